The molecule has 27 heavy (non-hydrogen) atoms. The maximum absolute atomic E-state index is 12.3. The molecule has 0 spiro atoms. The second kappa shape index (κ2) is 9.06. The highest BCUT2D eigenvalue weighted by Crippen LogP contribution is 2.23. The predicted molar refractivity (Wildman–Crippen MR) is 107 cm³/mol. The van der Waals surface area contributed by atoms with Crippen molar-refractivity contribution in [2.24, 2.45) is 0 Å². The third kappa shape index (κ3) is 5.73. The number of hydrogen-bond donors (Lipinski definition) is 3. The number of anilines is 2. The average Bonchev–Trinajstić information content (AvgIpc) is 2.63. The van der Waals surface area contributed by atoms with Crippen molar-refractivity contribution in [3.05, 3.63) is 63.2 Å². The first-order valence-corrected chi connectivity index (χ1v) is 8.55. The lowest BCUT2D eigenvalue weighted by Gasteiger charge is -2.10. The van der Waals surface area contributed by atoms with Crippen molar-refractivity contribution in [2.45, 2.75) is 13.3 Å². The van der Waals surface area contributed by atoms with Gasteiger partial charge in [-0.15, -0.1) is 0 Å². The van der Waals surface area contributed by atoms with Crippen LogP contribution in [0, 0.1) is 10.1 Å². The van der Waals surface area contributed by atoms with E-state index in [0.29, 0.717) is 17.8 Å². The number of nitro groups is 1. The smallest absolute Gasteiger partial charge is 0.270 e. The van der Waals surface area contributed by atoms with Crippen LogP contribution in [-0.4, -0.2) is 21.9 Å². The van der Waals surface area contributed by atoms with E-state index in [4.69, 9.17) is 23.8 Å². The monoisotopic (exact) mass is 406 g/mol. The molecule has 3 N–H and O–H groups in total. The molecule has 0 heterocycles. The Kier molecular flexibility index (Phi) is 6.80. The van der Waals surface area contributed by atoms with E-state index in [-0.39, 0.29) is 27.3 Å². The zero-order valence-electron chi connectivity index (χ0n) is 14.1. The number of benzene rings is 2. The van der Waals surface area contributed by atoms with E-state index in [1.54, 1.807) is 31.2 Å². The molecule has 140 valence electrons. The molecule has 0 saturated carbocycles. The number of nitro benzene ring substituents is 1. The molecule has 0 bridgehead atoms. The summed E-state index contributed by atoms with van der Waals surface area (Å²) < 4.78 is 0. The highest BCUT2D eigenvalue weighted by molar-refractivity contribution is 7.80. The van der Waals surface area contributed by atoms with Gasteiger partial charge in [0.25, 0.3) is 11.6 Å². The van der Waals surface area contributed by atoms with Crippen LogP contribution in [0.15, 0.2) is 42.5 Å². The van der Waals surface area contributed by atoms with Crippen LogP contribution in [-0.2, 0) is 4.79 Å². The van der Waals surface area contributed by atoms with Crippen LogP contribution in [0.3, 0.4) is 0 Å². The van der Waals surface area contributed by atoms with E-state index in [1.165, 1.54) is 12.1 Å². The van der Waals surface area contributed by atoms with Gasteiger partial charge in [-0.1, -0.05) is 18.5 Å². The molecule has 2 amide bonds. The number of rotatable bonds is 5. The number of hydrogen-bond acceptors (Lipinski definition) is 5. The van der Waals surface area contributed by atoms with Crippen molar-refractivity contribution >= 4 is 57.8 Å². The highest BCUT2D eigenvalue weighted by atomic mass is 35.5. The molecule has 2 aromatic carbocycles. The molecule has 2 rings (SSSR count). The summed E-state index contributed by atoms with van der Waals surface area (Å²) in [5.74, 6) is -0.777. The quantitative estimate of drug-likeness (QED) is 0.396. The second-order valence-corrected chi connectivity index (χ2v) is 6.12. The molecule has 10 heteroatoms. The lowest BCUT2D eigenvalue weighted by atomic mass is 10.2. The van der Waals surface area contributed by atoms with Gasteiger partial charge in [0.1, 0.15) is 0 Å². The van der Waals surface area contributed by atoms with E-state index < -0.39 is 10.8 Å². The molecule has 0 fully saturated rings. The van der Waals surface area contributed by atoms with Crippen molar-refractivity contribution in [1.29, 1.82) is 0 Å². The first-order chi connectivity index (χ1) is 12.8. The third-order valence-corrected chi connectivity index (χ3v) is 3.91. The summed E-state index contributed by atoms with van der Waals surface area (Å²) in [4.78, 5) is 33.8. The van der Waals surface area contributed by atoms with Gasteiger partial charge in [0.05, 0.1) is 15.5 Å². The van der Waals surface area contributed by atoms with Gasteiger partial charge in [0.2, 0.25) is 5.91 Å². The standard InChI is InChI=1S/C17H15ClN4O4S/c1-2-15(23)21-17(27)20-11-5-3-10(4-6-11)19-16(24)13-9-12(22(25)26)7-8-14(13)18/h3-9H,2H2,1H3,(H,19,24)(H2,20,21,23,27). The fourth-order valence-electron chi connectivity index (χ4n) is 2.01. The molecule has 0 aliphatic carbocycles. The van der Waals surface area contributed by atoms with Gasteiger partial charge in [0, 0.05) is 29.9 Å². The largest absolute Gasteiger partial charge is 0.332 e. The molecule has 0 aliphatic rings. The fraction of sp³-hybridized carbons (Fsp3) is 0.118. The summed E-state index contributed by atoms with van der Waals surface area (Å²) in [6, 6.07) is 10.1. The van der Waals surface area contributed by atoms with Crippen LogP contribution >= 0.6 is 23.8 Å². The Morgan fingerprint density at radius 3 is 2.26 bits per heavy atom. The zero-order valence-corrected chi connectivity index (χ0v) is 15.7. The number of carbonyl (C=O) groups is 2. The Bertz CT molecular complexity index is 902. The molecular formula is C17H15ClN4O4S. The second-order valence-electron chi connectivity index (χ2n) is 5.31. The lowest BCUT2D eigenvalue weighted by molar-refractivity contribution is -0.384. The molecule has 8 nitrogen and oxygen atoms in total. The Hall–Kier alpha value is -3.04. The number of thiocarbonyl (C=S) groups is 1. The van der Waals surface area contributed by atoms with Gasteiger partial charge in [-0.3, -0.25) is 19.7 Å². The SMILES string of the molecule is CCC(=O)NC(=S)Nc1ccc(NC(=O)c2cc([N+](=O)[O-])ccc2Cl)cc1. The average molecular weight is 407 g/mol. The molecule has 2 aromatic rings. The lowest BCUT2D eigenvalue weighted by Crippen LogP contribution is -2.33. The number of nitrogens with one attached hydrogen (secondary N) is 3. The van der Waals surface area contributed by atoms with Gasteiger partial charge < -0.3 is 16.0 Å². The van der Waals surface area contributed by atoms with Crippen LogP contribution < -0.4 is 16.0 Å². The van der Waals surface area contributed by atoms with Crippen molar-refractivity contribution in [2.75, 3.05) is 10.6 Å². The zero-order chi connectivity index (χ0) is 20.0. The van der Waals surface area contributed by atoms with Gasteiger partial charge in [-0.2, -0.15) is 0 Å². The van der Waals surface area contributed by atoms with Crippen molar-refractivity contribution in [1.82, 2.24) is 5.32 Å². The minimum Gasteiger partial charge on any atom is -0.332 e. The summed E-state index contributed by atoms with van der Waals surface area (Å²) in [6.07, 6.45) is 0.312. The maximum atomic E-state index is 12.3. The minimum atomic E-state index is -0.603. The van der Waals surface area contributed by atoms with Gasteiger partial charge >= 0.3 is 0 Å². The first kappa shape index (κ1) is 20.3. The number of non-ortho nitro benzene ring substituents is 1. The molecule has 0 unspecified atom stereocenters. The molecular weight excluding hydrogens is 392 g/mol. The Morgan fingerprint density at radius 1 is 1.11 bits per heavy atom. The summed E-state index contributed by atoms with van der Waals surface area (Å²) in [5.41, 5.74) is 0.836. The Balaban J connectivity index is 2.05. The third-order valence-electron chi connectivity index (χ3n) is 3.38. The predicted octanol–water partition coefficient (Wildman–Crippen LogP) is 3.72. The van der Waals surface area contributed by atoms with Crippen LogP contribution in [0.4, 0.5) is 17.1 Å². The maximum Gasteiger partial charge on any atom is 0.270 e. The number of halogens is 1. The van der Waals surface area contributed by atoms with Gasteiger partial charge in [-0.05, 0) is 42.5 Å². The van der Waals surface area contributed by atoms with Gasteiger partial charge in [-0.25, -0.2) is 0 Å². The van der Waals surface area contributed by atoms with E-state index in [9.17, 15) is 19.7 Å². The van der Waals surface area contributed by atoms with Crippen LogP contribution in [0.5, 0.6) is 0 Å². The Morgan fingerprint density at radius 2 is 1.70 bits per heavy atom. The fourth-order valence-corrected chi connectivity index (χ4v) is 2.45. The van der Waals surface area contributed by atoms with Crippen molar-refractivity contribution in [3.63, 3.8) is 0 Å². The molecule has 0 aromatic heterocycles. The summed E-state index contributed by atoms with van der Waals surface area (Å²) in [6.45, 7) is 1.71. The molecule has 0 aliphatic heterocycles. The normalized spacial score (nSPS) is 10.0. The topological polar surface area (TPSA) is 113 Å². The minimum absolute atomic E-state index is 0.00322. The van der Waals surface area contributed by atoms with E-state index in [0.717, 1.165) is 6.07 Å². The number of carbonyl (C=O) groups excluding carboxylic acids is 2. The number of amides is 2. The first-order valence-electron chi connectivity index (χ1n) is 7.76. The van der Waals surface area contributed by atoms with Crippen LogP contribution in [0.2, 0.25) is 5.02 Å². The number of nitrogens with zero attached hydrogens (tertiary/aromatic N) is 1. The highest BCUT2D eigenvalue weighted by Gasteiger charge is 2.16. The van der Waals surface area contributed by atoms with Gasteiger partial charge in [0.15, 0.2) is 5.11 Å². The van der Waals surface area contributed by atoms with Crippen molar-refractivity contribution in [3.8, 4) is 0 Å². The summed E-state index contributed by atoms with van der Waals surface area (Å²) >= 11 is 11.0. The Labute approximate surface area is 165 Å². The summed E-state index contributed by atoms with van der Waals surface area (Å²) in [7, 11) is 0. The van der Waals surface area contributed by atoms with Crippen LogP contribution in [0.1, 0.15) is 23.7 Å². The van der Waals surface area contributed by atoms with Crippen LogP contribution in [0.25, 0.3) is 0 Å². The molecule has 0 atom stereocenters. The van der Waals surface area contributed by atoms with E-state index in [2.05, 4.69) is 16.0 Å². The van der Waals surface area contributed by atoms with E-state index >= 15 is 0 Å². The van der Waals surface area contributed by atoms with Crippen molar-refractivity contribution < 1.29 is 14.5 Å². The molecule has 0 saturated heterocycles. The van der Waals surface area contributed by atoms with E-state index in [1.807, 2.05) is 0 Å². The summed E-state index contributed by atoms with van der Waals surface area (Å²) in [5, 5.41) is 19.1. The molecule has 0 radical (unpaired) electrons.